The minimum absolute atomic E-state index is 0.0185. The molecule has 126 valence electrons. The van der Waals surface area contributed by atoms with E-state index in [1.54, 1.807) is 25.3 Å². The van der Waals surface area contributed by atoms with Crippen LogP contribution < -0.4 is 0 Å². The van der Waals surface area contributed by atoms with Crippen LogP contribution in [0.25, 0.3) is 0 Å². The quantitative estimate of drug-likeness (QED) is 0.797. The fourth-order valence-electron chi connectivity index (χ4n) is 3.84. The van der Waals surface area contributed by atoms with Crippen molar-refractivity contribution in [3.63, 3.8) is 0 Å². The molecule has 24 heavy (non-hydrogen) atoms. The Kier molecular flexibility index (Phi) is 4.35. The molecule has 1 aliphatic rings. The summed E-state index contributed by atoms with van der Waals surface area (Å²) >= 11 is 0. The topological polar surface area (TPSA) is 39.2 Å². The van der Waals surface area contributed by atoms with Crippen molar-refractivity contribution < 1.29 is 18.3 Å². The summed E-state index contributed by atoms with van der Waals surface area (Å²) in [7, 11) is 1.34. The highest BCUT2D eigenvalue weighted by Gasteiger charge is 2.49. The van der Waals surface area contributed by atoms with Gasteiger partial charge in [-0.3, -0.25) is 9.78 Å². The fourth-order valence-corrected chi connectivity index (χ4v) is 3.84. The van der Waals surface area contributed by atoms with Gasteiger partial charge in [0.05, 0.1) is 18.7 Å². The summed E-state index contributed by atoms with van der Waals surface area (Å²) < 4.78 is 32.5. The van der Waals surface area contributed by atoms with Crippen LogP contribution >= 0.6 is 0 Å². The van der Waals surface area contributed by atoms with Crippen molar-refractivity contribution in [1.82, 2.24) is 4.98 Å². The van der Waals surface area contributed by atoms with E-state index < -0.39 is 11.2 Å². The van der Waals surface area contributed by atoms with Gasteiger partial charge in [0.2, 0.25) is 0 Å². The number of carbonyl (C=O) groups excluding carboxylic acids is 1. The van der Waals surface area contributed by atoms with Crippen LogP contribution in [0.2, 0.25) is 0 Å². The van der Waals surface area contributed by atoms with E-state index in [2.05, 4.69) is 4.98 Å². The average Bonchev–Trinajstić information content (AvgIpc) is 3.03. The first kappa shape index (κ1) is 16.6. The smallest absolute Gasteiger partial charge is 0.316 e. The summed E-state index contributed by atoms with van der Waals surface area (Å²) in [6, 6.07) is 6.22. The minimum Gasteiger partial charge on any atom is -0.468 e. The number of rotatable bonds is 3. The Bertz CT molecular complexity index is 778. The third-order valence-corrected chi connectivity index (χ3v) is 5.07. The predicted octanol–water partition coefficient (Wildman–Crippen LogP) is 4.05. The monoisotopic (exact) mass is 331 g/mol. The second-order valence-electron chi connectivity index (χ2n) is 6.36. The number of methoxy groups -OCH3 is 1. The number of halogens is 2. The van der Waals surface area contributed by atoms with Gasteiger partial charge in [0.1, 0.15) is 11.6 Å². The Labute approximate surface area is 139 Å². The Morgan fingerprint density at radius 2 is 2.12 bits per heavy atom. The molecule has 0 radical (unpaired) electrons. The maximum Gasteiger partial charge on any atom is 0.316 e. The van der Waals surface area contributed by atoms with Crippen LogP contribution in [0.15, 0.2) is 36.7 Å². The molecule has 0 aliphatic heterocycles. The molecule has 1 aliphatic carbocycles. The van der Waals surface area contributed by atoms with E-state index in [9.17, 15) is 13.6 Å². The summed E-state index contributed by atoms with van der Waals surface area (Å²) in [6.07, 6.45) is 4.46. The largest absolute Gasteiger partial charge is 0.468 e. The van der Waals surface area contributed by atoms with Crippen molar-refractivity contribution in [2.75, 3.05) is 7.11 Å². The van der Waals surface area contributed by atoms with Gasteiger partial charge in [-0.2, -0.15) is 0 Å². The molecule has 3 nitrogen and oxygen atoms in total. The summed E-state index contributed by atoms with van der Waals surface area (Å²) in [5.74, 6) is -1.13. The Morgan fingerprint density at radius 1 is 1.33 bits per heavy atom. The van der Waals surface area contributed by atoms with Crippen molar-refractivity contribution >= 4 is 5.97 Å². The summed E-state index contributed by atoms with van der Waals surface area (Å²) in [6.45, 7) is 1.67. The van der Waals surface area contributed by atoms with Gasteiger partial charge in [0, 0.05) is 6.20 Å². The first-order valence-electron chi connectivity index (χ1n) is 7.92. The van der Waals surface area contributed by atoms with Crippen molar-refractivity contribution in [3.8, 4) is 0 Å². The molecule has 3 rings (SSSR count). The Balaban J connectivity index is 2.03. The minimum atomic E-state index is -0.905. The van der Waals surface area contributed by atoms with Gasteiger partial charge in [-0.05, 0) is 60.9 Å². The van der Waals surface area contributed by atoms with Gasteiger partial charge in [0.15, 0.2) is 0 Å². The molecule has 0 N–H and O–H groups in total. The lowest BCUT2D eigenvalue weighted by atomic mass is 9.75. The third-order valence-electron chi connectivity index (χ3n) is 5.07. The molecule has 1 fully saturated rings. The predicted molar refractivity (Wildman–Crippen MR) is 85.6 cm³/mol. The number of pyridine rings is 1. The number of carbonyl (C=O) groups is 1. The van der Waals surface area contributed by atoms with Gasteiger partial charge < -0.3 is 4.74 Å². The van der Waals surface area contributed by atoms with Crippen molar-refractivity contribution in [2.45, 2.75) is 37.5 Å². The maximum atomic E-state index is 14.0. The standard InChI is InChI=1S/C19H19F2NO2/c1-12-16(4-3-5-17(12)21)19(18(23)24-2)7-6-13(9-19)14-8-15(20)11-22-10-14/h3-5,8,10-11,13H,6-7,9H2,1-2H3/t13-,19-/m0/s1. The van der Waals surface area contributed by atoms with E-state index in [1.165, 1.54) is 19.2 Å². The van der Waals surface area contributed by atoms with Crippen LogP contribution in [0.5, 0.6) is 0 Å². The molecule has 0 spiro atoms. The molecule has 1 saturated carbocycles. The SMILES string of the molecule is COC(=O)[C@@]1(c2cccc(F)c2C)CC[C@H](c2cncc(F)c2)C1. The average molecular weight is 331 g/mol. The highest BCUT2D eigenvalue weighted by molar-refractivity contribution is 5.84. The molecular weight excluding hydrogens is 312 g/mol. The van der Waals surface area contributed by atoms with Crippen molar-refractivity contribution in [3.05, 3.63) is 65.0 Å². The highest BCUT2D eigenvalue weighted by Crippen LogP contribution is 2.50. The number of aromatic nitrogens is 1. The first-order valence-corrected chi connectivity index (χ1v) is 7.92. The molecule has 0 unspecified atom stereocenters. The van der Waals surface area contributed by atoms with Crippen molar-refractivity contribution in [2.24, 2.45) is 0 Å². The van der Waals surface area contributed by atoms with E-state index in [0.29, 0.717) is 30.4 Å². The van der Waals surface area contributed by atoms with Gasteiger partial charge in [-0.25, -0.2) is 8.78 Å². The van der Waals surface area contributed by atoms with E-state index >= 15 is 0 Å². The third kappa shape index (κ3) is 2.68. The summed E-state index contributed by atoms with van der Waals surface area (Å²) in [5, 5.41) is 0. The lowest BCUT2D eigenvalue weighted by Gasteiger charge is -2.29. The summed E-state index contributed by atoms with van der Waals surface area (Å²) in [5.41, 5.74) is 0.967. The molecule has 0 amide bonds. The van der Waals surface area contributed by atoms with E-state index in [4.69, 9.17) is 4.74 Å². The van der Waals surface area contributed by atoms with Gasteiger partial charge >= 0.3 is 5.97 Å². The number of hydrogen-bond donors (Lipinski definition) is 0. The molecule has 1 aromatic heterocycles. The van der Waals surface area contributed by atoms with Crippen LogP contribution in [-0.4, -0.2) is 18.1 Å². The van der Waals surface area contributed by atoms with Crippen LogP contribution in [0.3, 0.4) is 0 Å². The van der Waals surface area contributed by atoms with Crippen LogP contribution in [0, 0.1) is 18.6 Å². The van der Waals surface area contributed by atoms with Crippen LogP contribution in [0.1, 0.15) is 41.9 Å². The van der Waals surface area contributed by atoms with E-state index in [-0.39, 0.29) is 17.7 Å². The van der Waals surface area contributed by atoms with E-state index in [0.717, 1.165) is 11.8 Å². The zero-order valence-electron chi connectivity index (χ0n) is 13.7. The molecular formula is C19H19F2NO2. The lowest BCUT2D eigenvalue weighted by Crippen LogP contribution is -2.35. The molecule has 0 saturated heterocycles. The first-order chi connectivity index (χ1) is 11.5. The number of ether oxygens (including phenoxy) is 1. The lowest BCUT2D eigenvalue weighted by molar-refractivity contribution is -0.147. The second kappa shape index (κ2) is 6.30. The Hall–Kier alpha value is -2.30. The van der Waals surface area contributed by atoms with Crippen molar-refractivity contribution in [1.29, 1.82) is 0 Å². The Morgan fingerprint density at radius 3 is 2.83 bits per heavy atom. The number of hydrogen-bond acceptors (Lipinski definition) is 3. The normalized spacial score (nSPS) is 23.2. The zero-order valence-corrected chi connectivity index (χ0v) is 13.7. The number of benzene rings is 1. The van der Waals surface area contributed by atoms with Gasteiger partial charge in [-0.1, -0.05) is 12.1 Å². The van der Waals surface area contributed by atoms with Gasteiger partial charge in [0.25, 0.3) is 0 Å². The molecule has 2 aromatic rings. The molecule has 5 heteroatoms. The molecule has 0 bridgehead atoms. The molecule has 2 atom stereocenters. The number of esters is 1. The van der Waals surface area contributed by atoms with E-state index in [1.807, 2.05) is 0 Å². The summed E-state index contributed by atoms with van der Waals surface area (Å²) in [4.78, 5) is 16.5. The van der Waals surface area contributed by atoms with Gasteiger partial charge in [-0.15, -0.1) is 0 Å². The zero-order chi connectivity index (χ0) is 17.3. The maximum absolute atomic E-state index is 14.0. The highest BCUT2D eigenvalue weighted by atomic mass is 19.1. The molecule has 1 aromatic carbocycles. The number of nitrogens with zero attached hydrogens (tertiary/aromatic N) is 1. The van der Waals surface area contributed by atoms with Crippen LogP contribution in [0.4, 0.5) is 8.78 Å². The fraction of sp³-hybridized carbons (Fsp3) is 0.368. The second-order valence-corrected chi connectivity index (χ2v) is 6.36. The van der Waals surface area contributed by atoms with Crippen LogP contribution in [-0.2, 0) is 14.9 Å². The molecule has 1 heterocycles.